The van der Waals surface area contributed by atoms with Gasteiger partial charge in [-0.2, -0.15) is 5.10 Å². The highest BCUT2D eigenvalue weighted by Gasteiger charge is 2.25. The summed E-state index contributed by atoms with van der Waals surface area (Å²) in [7, 11) is 3.85. The molecule has 0 radical (unpaired) electrons. The number of nitrogens with one attached hydrogen (secondary N) is 1. The largest absolute Gasteiger partial charge is 0.356 e. The number of aryl methyl sites for hydroxylation is 2. The predicted octanol–water partition coefficient (Wildman–Crippen LogP) is 2.91. The van der Waals surface area contributed by atoms with E-state index in [9.17, 15) is 0 Å². The Morgan fingerprint density at radius 2 is 2.26 bits per heavy atom. The van der Waals surface area contributed by atoms with E-state index in [1.165, 1.54) is 18.4 Å². The van der Waals surface area contributed by atoms with Gasteiger partial charge >= 0.3 is 0 Å². The third-order valence-electron chi connectivity index (χ3n) is 4.29. The van der Waals surface area contributed by atoms with E-state index in [1.807, 2.05) is 25.0 Å². The van der Waals surface area contributed by atoms with Crippen LogP contribution in [0.2, 0.25) is 0 Å². The molecule has 23 heavy (non-hydrogen) atoms. The Bertz CT molecular complexity index is 483. The second kappa shape index (κ2) is 10.2. The van der Waals surface area contributed by atoms with Crippen molar-refractivity contribution in [1.29, 1.82) is 0 Å². The van der Waals surface area contributed by atoms with Gasteiger partial charge in [0.15, 0.2) is 5.96 Å². The molecule has 1 unspecified atom stereocenters. The van der Waals surface area contributed by atoms with Crippen LogP contribution < -0.4 is 5.32 Å². The fraction of sp³-hybridized carbons (Fsp3) is 0.765. The molecule has 5 nitrogen and oxygen atoms in total. The Morgan fingerprint density at radius 1 is 1.48 bits per heavy atom. The minimum absolute atomic E-state index is 0. The zero-order chi connectivity index (χ0) is 15.9. The van der Waals surface area contributed by atoms with Crippen LogP contribution >= 0.6 is 24.0 Å². The summed E-state index contributed by atoms with van der Waals surface area (Å²) in [5.74, 6) is 2.69. The number of aromatic nitrogens is 2. The maximum Gasteiger partial charge on any atom is 0.193 e. The first-order valence-corrected chi connectivity index (χ1v) is 8.51. The van der Waals surface area contributed by atoms with Crippen molar-refractivity contribution < 1.29 is 0 Å². The summed E-state index contributed by atoms with van der Waals surface area (Å²) in [6, 6.07) is 0. The number of hydrogen-bond acceptors (Lipinski definition) is 2. The molecule has 1 fully saturated rings. The summed E-state index contributed by atoms with van der Waals surface area (Å²) in [5, 5.41) is 7.72. The van der Waals surface area contributed by atoms with Gasteiger partial charge in [-0.3, -0.25) is 9.67 Å². The molecule has 2 rings (SSSR count). The van der Waals surface area contributed by atoms with E-state index in [0.29, 0.717) is 0 Å². The lowest BCUT2D eigenvalue weighted by atomic mass is 9.97. The summed E-state index contributed by atoms with van der Waals surface area (Å²) < 4.78 is 1.86. The molecule has 6 heteroatoms. The Kier molecular flexibility index (Phi) is 8.94. The van der Waals surface area contributed by atoms with E-state index in [-0.39, 0.29) is 24.0 Å². The van der Waals surface area contributed by atoms with Gasteiger partial charge in [0.25, 0.3) is 0 Å². The first-order valence-electron chi connectivity index (χ1n) is 8.51. The van der Waals surface area contributed by atoms with Crippen LogP contribution in [0.1, 0.15) is 38.7 Å². The lowest BCUT2D eigenvalue weighted by molar-refractivity contribution is 0.403. The van der Waals surface area contributed by atoms with Crippen molar-refractivity contribution in [3.63, 3.8) is 0 Å². The smallest absolute Gasteiger partial charge is 0.193 e. The van der Waals surface area contributed by atoms with Crippen LogP contribution in [0.25, 0.3) is 0 Å². The van der Waals surface area contributed by atoms with E-state index >= 15 is 0 Å². The van der Waals surface area contributed by atoms with Crippen molar-refractivity contribution in [3.8, 4) is 0 Å². The third-order valence-corrected chi connectivity index (χ3v) is 4.29. The van der Waals surface area contributed by atoms with Gasteiger partial charge in [-0.1, -0.05) is 13.8 Å². The lowest BCUT2D eigenvalue weighted by Gasteiger charge is -2.22. The molecule has 1 aromatic rings. The molecule has 1 saturated heterocycles. The number of likely N-dealkylation sites (tertiary alicyclic amines) is 1. The fourth-order valence-electron chi connectivity index (χ4n) is 3.31. The molecule has 1 atom stereocenters. The second-order valence-electron chi connectivity index (χ2n) is 6.83. The van der Waals surface area contributed by atoms with Crippen molar-refractivity contribution in [2.45, 2.75) is 39.5 Å². The van der Waals surface area contributed by atoms with Crippen LogP contribution in [0, 0.1) is 11.8 Å². The minimum Gasteiger partial charge on any atom is -0.356 e. The standard InChI is InChI=1S/C17H31N5.HI/c1-14(2)10-15-7-9-22(13-15)17(18-3)19-8-5-6-16-11-20-21(4)12-16;/h11-12,14-15H,5-10,13H2,1-4H3,(H,18,19);1H. The van der Waals surface area contributed by atoms with Crippen LogP contribution in [-0.2, 0) is 13.5 Å². The summed E-state index contributed by atoms with van der Waals surface area (Å²) in [6.45, 7) is 7.88. The summed E-state index contributed by atoms with van der Waals surface area (Å²) >= 11 is 0. The number of halogens is 1. The van der Waals surface area contributed by atoms with Crippen LogP contribution in [-0.4, -0.2) is 47.3 Å². The van der Waals surface area contributed by atoms with E-state index in [2.05, 4.69) is 40.4 Å². The number of guanidine groups is 1. The van der Waals surface area contributed by atoms with Crippen molar-refractivity contribution in [3.05, 3.63) is 18.0 Å². The predicted molar refractivity (Wildman–Crippen MR) is 107 cm³/mol. The normalized spacial score (nSPS) is 18.4. The molecule has 0 spiro atoms. The van der Waals surface area contributed by atoms with E-state index < -0.39 is 0 Å². The van der Waals surface area contributed by atoms with Gasteiger partial charge in [0.2, 0.25) is 0 Å². The molecule has 0 aromatic carbocycles. The average molecular weight is 433 g/mol. The zero-order valence-electron chi connectivity index (χ0n) is 15.0. The van der Waals surface area contributed by atoms with Gasteiger partial charge in [0.05, 0.1) is 6.20 Å². The molecule has 132 valence electrons. The first kappa shape index (κ1) is 20.3. The van der Waals surface area contributed by atoms with E-state index in [1.54, 1.807) is 0 Å². The SMILES string of the molecule is CN=C(NCCCc1cnn(C)c1)N1CCC(CC(C)C)C1.I. The van der Waals surface area contributed by atoms with Crippen molar-refractivity contribution in [2.75, 3.05) is 26.7 Å². The van der Waals surface area contributed by atoms with Crippen LogP contribution in [0.4, 0.5) is 0 Å². The number of hydrogen-bond donors (Lipinski definition) is 1. The molecule has 2 heterocycles. The van der Waals surface area contributed by atoms with E-state index in [0.717, 1.165) is 50.3 Å². The monoisotopic (exact) mass is 433 g/mol. The van der Waals surface area contributed by atoms with Crippen LogP contribution in [0.3, 0.4) is 0 Å². The molecule has 0 bridgehead atoms. The Hall–Kier alpha value is -0.790. The Labute approximate surface area is 157 Å². The highest BCUT2D eigenvalue weighted by Crippen LogP contribution is 2.23. The molecule has 1 N–H and O–H groups in total. The molecule has 1 aromatic heterocycles. The maximum atomic E-state index is 4.45. The Balaban J connectivity index is 0.00000264. The minimum atomic E-state index is 0. The summed E-state index contributed by atoms with van der Waals surface area (Å²) in [6.07, 6.45) is 8.84. The summed E-state index contributed by atoms with van der Waals surface area (Å²) in [4.78, 5) is 6.86. The zero-order valence-corrected chi connectivity index (χ0v) is 17.3. The molecule has 0 aliphatic carbocycles. The van der Waals surface area contributed by atoms with Gasteiger partial charge in [-0.15, -0.1) is 24.0 Å². The molecule has 1 aliphatic heterocycles. The maximum absolute atomic E-state index is 4.45. The van der Waals surface area contributed by atoms with Crippen molar-refractivity contribution in [1.82, 2.24) is 20.0 Å². The van der Waals surface area contributed by atoms with Gasteiger partial charge in [0.1, 0.15) is 0 Å². The highest BCUT2D eigenvalue weighted by molar-refractivity contribution is 14.0. The van der Waals surface area contributed by atoms with Gasteiger partial charge in [-0.05, 0) is 43.1 Å². The highest BCUT2D eigenvalue weighted by atomic mass is 127. The van der Waals surface area contributed by atoms with Gasteiger partial charge in [-0.25, -0.2) is 0 Å². The topological polar surface area (TPSA) is 45.5 Å². The van der Waals surface area contributed by atoms with Gasteiger partial charge in [0, 0.05) is 39.9 Å². The average Bonchev–Trinajstić information content (AvgIpc) is 3.08. The first-order chi connectivity index (χ1) is 10.6. The van der Waals surface area contributed by atoms with Crippen LogP contribution in [0.5, 0.6) is 0 Å². The molecule has 0 saturated carbocycles. The Morgan fingerprint density at radius 3 is 2.87 bits per heavy atom. The number of nitrogens with zero attached hydrogens (tertiary/aromatic N) is 4. The fourth-order valence-corrected chi connectivity index (χ4v) is 3.31. The molecule has 1 aliphatic rings. The molecular formula is C17H32IN5. The molecular weight excluding hydrogens is 401 g/mol. The summed E-state index contributed by atoms with van der Waals surface area (Å²) in [5.41, 5.74) is 1.30. The van der Waals surface area contributed by atoms with E-state index in [4.69, 9.17) is 0 Å². The van der Waals surface area contributed by atoms with Crippen LogP contribution in [0.15, 0.2) is 17.4 Å². The molecule has 0 amide bonds. The van der Waals surface area contributed by atoms with Crippen molar-refractivity contribution >= 4 is 29.9 Å². The second-order valence-corrected chi connectivity index (χ2v) is 6.83. The van der Waals surface area contributed by atoms with Crippen molar-refractivity contribution in [2.24, 2.45) is 23.9 Å². The van der Waals surface area contributed by atoms with Gasteiger partial charge < -0.3 is 10.2 Å². The number of rotatable bonds is 6. The third kappa shape index (κ3) is 6.69. The lowest BCUT2D eigenvalue weighted by Crippen LogP contribution is -2.40. The number of aliphatic imine (C=N–C) groups is 1. The quantitative estimate of drug-likeness (QED) is 0.325.